The quantitative estimate of drug-likeness (QED) is 0.113. The molecule has 0 bridgehead atoms. The first kappa shape index (κ1) is 37.8. The number of halogens is 4. The van der Waals surface area contributed by atoms with E-state index in [0.717, 1.165) is 40.3 Å². The predicted octanol–water partition coefficient (Wildman–Crippen LogP) is 6.48. The van der Waals surface area contributed by atoms with Gasteiger partial charge >= 0.3 is 12.1 Å². The normalized spacial score (nSPS) is 16.8. The molecule has 11 nitrogen and oxygen atoms in total. The van der Waals surface area contributed by atoms with Gasteiger partial charge in [0.15, 0.2) is 0 Å². The Morgan fingerprint density at radius 3 is 2.42 bits per heavy atom. The van der Waals surface area contributed by atoms with E-state index in [-0.39, 0.29) is 42.3 Å². The number of carbonyl (C=O) groups is 2. The number of fused-ring (bicyclic) bond motifs is 1. The Morgan fingerprint density at radius 2 is 1.72 bits per heavy atom. The van der Waals surface area contributed by atoms with Gasteiger partial charge in [0.25, 0.3) is 0 Å². The molecule has 1 aliphatic heterocycles. The lowest BCUT2D eigenvalue weighted by atomic mass is 9.94. The van der Waals surface area contributed by atoms with Crippen LogP contribution >= 0.6 is 11.6 Å². The van der Waals surface area contributed by atoms with Gasteiger partial charge in [0.05, 0.1) is 43.1 Å². The Balaban J connectivity index is 1.25. The third kappa shape index (κ3) is 8.50. The minimum Gasteiger partial charge on any atom is -0.481 e. The number of pyridine rings is 2. The molecule has 3 heterocycles. The van der Waals surface area contributed by atoms with Crippen molar-refractivity contribution in [3.63, 3.8) is 0 Å². The van der Waals surface area contributed by atoms with Crippen LogP contribution in [0, 0.1) is 0 Å². The van der Waals surface area contributed by atoms with Crippen LogP contribution < -0.4 is 25.4 Å². The first-order valence-electron chi connectivity index (χ1n) is 17.1. The lowest BCUT2D eigenvalue weighted by Gasteiger charge is -2.22. The number of carboxylic acid groups (broad SMARTS) is 1. The first-order chi connectivity index (χ1) is 25.4. The molecule has 6 rings (SSSR count). The summed E-state index contributed by atoms with van der Waals surface area (Å²) in [7, 11) is 4.36. The number of aromatic nitrogens is 2. The summed E-state index contributed by atoms with van der Waals surface area (Å²) in [6.07, 6.45) is -2.31. The van der Waals surface area contributed by atoms with Crippen LogP contribution in [0.4, 0.5) is 19.0 Å². The van der Waals surface area contributed by atoms with Gasteiger partial charge in [-0.25, -0.2) is 4.98 Å². The van der Waals surface area contributed by atoms with Gasteiger partial charge in [-0.1, -0.05) is 54.1 Å². The highest BCUT2D eigenvalue weighted by atomic mass is 35.5. The Kier molecular flexibility index (Phi) is 11.4. The molecule has 15 heteroatoms. The molecule has 2 atom stereocenters. The van der Waals surface area contributed by atoms with Crippen LogP contribution in [-0.2, 0) is 35.3 Å². The van der Waals surface area contributed by atoms with Crippen molar-refractivity contribution in [2.75, 3.05) is 39.7 Å². The molecule has 4 aromatic rings. The summed E-state index contributed by atoms with van der Waals surface area (Å²) in [5, 5.41) is 18.9. The van der Waals surface area contributed by atoms with Gasteiger partial charge in [-0.2, -0.15) is 18.2 Å². The van der Waals surface area contributed by atoms with E-state index in [1.54, 1.807) is 7.11 Å². The van der Waals surface area contributed by atoms with Crippen molar-refractivity contribution in [3.8, 4) is 34.1 Å². The molecule has 0 unspecified atom stereocenters. The number of hydrogen-bond donors (Lipinski definition) is 4. The van der Waals surface area contributed by atoms with E-state index in [9.17, 15) is 22.8 Å². The Hall–Kier alpha value is -4.92. The average Bonchev–Trinajstić information content (AvgIpc) is 3.73. The number of benzene rings is 2. The van der Waals surface area contributed by atoms with Crippen molar-refractivity contribution >= 4 is 29.3 Å². The van der Waals surface area contributed by atoms with E-state index in [2.05, 4.69) is 20.9 Å². The van der Waals surface area contributed by atoms with Gasteiger partial charge in [-0.15, -0.1) is 0 Å². The molecule has 280 valence electrons. The second kappa shape index (κ2) is 16.0. The molecule has 0 radical (unpaired) electrons. The van der Waals surface area contributed by atoms with Gasteiger partial charge in [0.2, 0.25) is 17.7 Å². The number of alkyl halides is 3. The number of anilines is 1. The number of hydrogen-bond acceptors (Lipinski definition) is 9. The fourth-order valence-electron chi connectivity index (χ4n) is 7.03. The Labute approximate surface area is 309 Å². The van der Waals surface area contributed by atoms with Crippen LogP contribution in [0.1, 0.15) is 53.1 Å². The second-order valence-electron chi connectivity index (χ2n) is 13.2. The van der Waals surface area contributed by atoms with Crippen LogP contribution in [0.15, 0.2) is 54.6 Å². The fourth-order valence-corrected chi connectivity index (χ4v) is 7.36. The number of methoxy groups -OCH3 is 2. The van der Waals surface area contributed by atoms with Crippen LogP contribution in [0.5, 0.6) is 11.8 Å². The summed E-state index contributed by atoms with van der Waals surface area (Å²) in [6, 6.07) is 15.8. The number of aliphatic carboxylic acids is 1. The Morgan fingerprint density at radius 1 is 1.00 bits per heavy atom. The zero-order valence-electron chi connectivity index (χ0n) is 29.4. The standard InChI is InChI=1S/C38H40ClF3N6O5/c1-48(20-33(50)51)19-22-16-29(38(40,41)42)35(47-37(22)53-3)45-30-14-12-25-24(6-4-7-26(25)30)27-8-5-9-28(34(27)39)31-13-10-21(36(46-31)52-2)17-43-18-23-11-15-32(49)44-23/h4-10,13,16,23,30,43H,11-12,14-15,17-20H2,1-3H3,(H,44,49)(H,45,47)(H,50,51)/t23-,30-/m0/s1. The minimum atomic E-state index is -4.74. The number of carboxylic acids is 1. The maximum absolute atomic E-state index is 14.4. The number of amides is 1. The Bertz CT molecular complexity index is 2010. The van der Waals surface area contributed by atoms with Crippen LogP contribution in [0.2, 0.25) is 5.02 Å². The summed E-state index contributed by atoms with van der Waals surface area (Å²) in [5.74, 6) is -0.986. The third-order valence-electron chi connectivity index (χ3n) is 9.48. The van der Waals surface area contributed by atoms with Gasteiger partial charge in [-0.05, 0) is 55.1 Å². The lowest BCUT2D eigenvalue weighted by Crippen LogP contribution is -2.35. The highest BCUT2D eigenvalue weighted by Crippen LogP contribution is 2.45. The SMILES string of the molecule is COc1nc(-c2cccc(-c3cccc4c3CC[C@@H]4Nc3nc(OC)c(CN(C)CC(=O)O)cc3C(F)(F)F)c2Cl)ccc1CNC[C@@H]1CCC(=O)N1. The third-order valence-corrected chi connectivity index (χ3v) is 9.88. The number of nitrogens with zero attached hydrogens (tertiary/aromatic N) is 3. The smallest absolute Gasteiger partial charge is 0.419 e. The molecular weight excluding hydrogens is 713 g/mol. The highest BCUT2D eigenvalue weighted by molar-refractivity contribution is 6.36. The predicted molar refractivity (Wildman–Crippen MR) is 194 cm³/mol. The number of rotatable bonds is 14. The number of carbonyl (C=O) groups excluding carboxylic acids is 1. The lowest BCUT2D eigenvalue weighted by molar-refractivity contribution is -0.139. The van der Waals surface area contributed by atoms with Crippen molar-refractivity contribution in [2.45, 2.75) is 57.0 Å². The molecular formula is C38H40ClF3N6O5. The van der Waals surface area contributed by atoms with Crippen molar-refractivity contribution in [3.05, 3.63) is 87.4 Å². The molecule has 1 saturated heterocycles. The maximum atomic E-state index is 14.4. The first-order valence-corrected chi connectivity index (χ1v) is 17.5. The summed E-state index contributed by atoms with van der Waals surface area (Å²) >= 11 is 7.10. The van der Waals surface area contributed by atoms with Gasteiger partial charge < -0.3 is 30.5 Å². The van der Waals surface area contributed by atoms with Crippen molar-refractivity contribution in [2.24, 2.45) is 0 Å². The van der Waals surface area contributed by atoms with Crippen molar-refractivity contribution < 1.29 is 37.3 Å². The van der Waals surface area contributed by atoms with E-state index in [1.807, 2.05) is 48.5 Å². The van der Waals surface area contributed by atoms with E-state index in [4.69, 9.17) is 31.2 Å². The molecule has 1 fully saturated rings. The minimum absolute atomic E-state index is 0.0260. The van der Waals surface area contributed by atoms with Crippen LogP contribution in [0.3, 0.4) is 0 Å². The zero-order valence-corrected chi connectivity index (χ0v) is 30.2. The summed E-state index contributed by atoms with van der Waals surface area (Å²) in [4.78, 5) is 33.0. The number of nitrogens with one attached hydrogen (secondary N) is 3. The average molecular weight is 753 g/mol. The van der Waals surface area contributed by atoms with E-state index in [0.29, 0.717) is 54.5 Å². The zero-order chi connectivity index (χ0) is 37.9. The van der Waals surface area contributed by atoms with Gasteiger partial charge in [0.1, 0.15) is 5.82 Å². The largest absolute Gasteiger partial charge is 0.481 e. The van der Waals surface area contributed by atoms with Crippen molar-refractivity contribution in [1.29, 1.82) is 0 Å². The molecule has 1 amide bonds. The summed E-state index contributed by atoms with van der Waals surface area (Å²) in [6.45, 7) is 0.671. The number of ether oxygens (including phenoxy) is 2. The summed E-state index contributed by atoms with van der Waals surface area (Å²) in [5.41, 5.74) is 4.73. The topological polar surface area (TPSA) is 138 Å². The molecule has 2 aromatic carbocycles. The van der Waals surface area contributed by atoms with E-state index < -0.39 is 23.8 Å². The second-order valence-corrected chi connectivity index (χ2v) is 13.6. The highest BCUT2D eigenvalue weighted by Gasteiger charge is 2.37. The van der Waals surface area contributed by atoms with E-state index >= 15 is 0 Å². The number of likely N-dealkylation sites (N-methyl/N-ethyl adjacent to an activating group) is 1. The molecule has 4 N–H and O–H groups in total. The van der Waals surface area contributed by atoms with E-state index in [1.165, 1.54) is 19.1 Å². The van der Waals surface area contributed by atoms with Crippen LogP contribution in [-0.4, -0.2) is 72.2 Å². The fraction of sp³-hybridized carbons (Fsp3) is 0.368. The molecule has 53 heavy (non-hydrogen) atoms. The van der Waals surface area contributed by atoms with Crippen molar-refractivity contribution in [1.82, 2.24) is 25.5 Å². The molecule has 0 saturated carbocycles. The van der Waals surface area contributed by atoms with Gasteiger partial charge in [0, 0.05) is 54.4 Å². The maximum Gasteiger partial charge on any atom is 0.419 e. The monoisotopic (exact) mass is 752 g/mol. The van der Waals surface area contributed by atoms with Gasteiger partial charge in [-0.3, -0.25) is 14.5 Å². The summed E-state index contributed by atoms with van der Waals surface area (Å²) < 4.78 is 54.2. The molecule has 0 spiro atoms. The molecule has 2 aromatic heterocycles. The van der Waals surface area contributed by atoms with Crippen LogP contribution in [0.25, 0.3) is 22.4 Å². The molecule has 2 aliphatic rings. The molecule has 1 aliphatic carbocycles.